The first-order valence-corrected chi connectivity index (χ1v) is 19.8. The van der Waals surface area contributed by atoms with Gasteiger partial charge in [-0.05, 0) is 73.8 Å². The molecule has 0 fully saturated rings. The Kier molecular flexibility index (Phi) is 6.72. The van der Waals surface area contributed by atoms with Gasteiger partial charge >= 0.3 is 0 Å². The second-order valence-corrected chi connectivity index (χ2v) is 15.7. The number of thiophene rings is 1. The second kappa shape index (κ2) is 12.0. The molecular formula is C52H31N3S. The molecule has 0 bridgehead atoms. The van der Waals surface area contributed by atoms with Crippen molar-refractivity contribution in [1.82, 2.24) is 15.0 Å². The van der Waals surface area contributed by atoms with Crippen molar-refractivity contribution in [2.45, 2.75) is 5.41 Å². The van der Waals surface area contributed by atoms with E-state index >= 15 is 0 Å². The molecule has 260 valence electrons. The van der Waals surface area contributed by atoms with E-state index in [2.05, 4.69) is 170 Å². The lowest BCUT2D eigenvalue weighted by molar-refractivity contribution is 0.794. The summed E-state index contributed by atoms with van der Waals surface area (Å²) in [6.07, 6.45) is 0. The number of hydrogen-bond acceptors (Lipinski definition) is 4. The average molecular weight is 730 g/mol. The van der Waals surface area contributed by atoms with Gasteiger partial charge in [0, 0.05) is 36.9 Å². The van der Waals surface area contributed by atoms with Crippen LogP contribution in [0.5, 0.6) is 0 Å². The summed E-state index contributed by atoms with van der Waals surface area (Å²) < 4.78 is 2.43. The van der Waals surface area contributed by atoms with Crippen molar-refractivity contribution in [3.8, 4) is 67.5 Å². The monoisotopic (exact) mass is 729 g/mol. The quantitative estimate of drug-likeness (QED) is 0.181. The van der Waals surface area contributed by atoms with Crippen LogP contribution < -0.4 is 0 Å². The van der Waals surface area contributed by atoms with Gasteiger partial charge in [-0.2, -0.15) is 0 Å². The van der Waals surface area contributed by atoms with Crippen molar-refractivity contribution < 1.29 is 0 Å². The summed E-state index contributed by atoms with van der Waals surface area (Å²) in [5, 5.41) is 2.47. The van der Waals surface area contributed by atoms with Crippen molar-refractivity contribution in [3.63, 3.8) is 0 Å². The molecule has 2 aromatic heterocycles. The third-order valence-corrected chi connectivity index (χ3v) is 13.0. The largest absolute Gasteiger partial charge is 0.208 e. The zero-order valence-corrected chi connectivity index (χ0v) is 31.0. The molecule has 0 atom stereocenters. The van der Waals surface area contributed by atoms with Gasteiger partial charge in [0.15, 0.2) is 17.5 Å². The number of benzene rings is 8. The first-order valence-electron chi connectivity index (χ1n) is 19.0. The molecule has 0 aliphatic heterocycles. The van der Waals surface area contributed by atoms with E-state index in [1.807, 2.05) is 18.2 Å². The minimum Gasteiger partial charge on any atom is -0.208 e. The van der Waals surface area contributed by atoms with Crippen LogP contribution in [0.15, 0.2) is 188 Å². The average Bonchev–Trinajstić information content (AvgIpc) is 3.91. The zero-order valence-electron chi connectivity index (χ0n) is 30.1. The fourth-order valence-corrected chi connectivity index (χ4v) is 10.7. The molecule has 0 radical (unpaired) electrons. The van der Waals surface area contributed by atoms with Crippen LogP contribution in [0.2, 0.25) is 0 Å². The summed E-state index contributed by atoms with van der Waals surface area (Å²) in [5.74, 6) is 1.98. The highest BCUT2D eigenvalue weighted by molar-refractivity contribution is 7.26. The Morgan fingerprint density at radius 1 is 0.339 bits per heavy atom. The van der Waals surface area contributed by atoms with Gasteiger partial charge < -0.3 is 0 Å². The first kappa shape index (κ1) is 31.4. The van der Waals surface area contributed by atoms with Gasteiger partial charge in [0.25, 0.3) is 0 Å². The summed E-state index contributed by atoms with van der Waals surface area (Å²) >= 11 is 1.79. The van der Waals surface area contributed by atoms with Gasteiger partial charge in [-0.1, -0.05) is 170 Å². The fraction of sp³-hybridized carbons (Fsp3) is 0.0192. The van der Waals surface area contributed by atoms with E-state index in [4.69, 9.17) is 15.0 Å². The van der Waals surface area contributed by atoms with Gasteiger partial charge in [0.1, 0.15) is 0 Å². The maximum atomic E-state index is 5.26. The molecule has 10 aromatic rings. The third kappa shape index (κ3) is 4.36. The van der Waals surface area contributed by atoms with Gasteiger partial charge in [-0.3, -0.25) is 0 Å². The number of aromatic nitrogens is 3. The topological polar surface area (TPSA) is 38.7 Å². The number of hydrogen-bond donors (Lipinski definition) is 0. The molecule has 0 saturated heterocycles. The highest BCUT2D eigenvalue weighted by atomic mass is 32.1. The summed E-state index contributed by atoms with van der Waals surface area (Å²) in [4.78, 5) is 15.5. The lowest BCUT2D eigenvalue weighted by Gasteiger charge is -2.30. The molecule has 3 nitrogen and oxygen atoms in total. The summed E-state index contributed by atoms with van der Waals surface area (Å²) in [5.41, 5.74) is 15.4. The van der Waals surface area contributed by atoms with E-state index in [9.17, 15) is 0 Å². The minimum atomic E-state index is -0.395. The molecule has 0 saturated carbocycles. The molecule has 56 heavy (non-hydrogen) atoms. The normalized spacial score (nSPS) is 13.1. The highest BCUT2D eigenvalue weighted by Gasteiger charge is 2.51. The molecule has 2 heterocycles. The molecule has 2 aliphatic rings. The maximum absolute atomic E-state index is 5.26. The molecule has 1 spiro atoms. The summed E-state index contributed by atoms with van der Waals surface area (Å²) in [7, 11) is 0. The van der Waals surface area contributed by atoms with E-state index in [0.717, 1.165) is 22.3 Å². The SMILES string of the molecule is c1ccc(-c2nc(-c3cccc(-c4cccc5c4-c4ccccc4C54c5ccccc5-c5ccccc54)c3)nc(-c3cccc4c3sc3ccccc34)n2)cc1. The molecule has 0 N–H and O–H groups in total. The van der Waals surface area contributed by atoms with Crippen molar-refractivity contribution in [2.75, 3.05) is 0 Å². The molecule has 4 heteroatoms. The minimum absolute atomic E-state index is 0.395. The van der Waals surface area contributed by atoms with E-state index in [-0.39, 0.29) is 0 Å². The van der Waals surface area contributed by atoms with Crippen LogP contribution in [0.3, 0.4) is 0 Å². The summed E-state index contributed by atoms with van der Waals surface area (Å²) in [6, 6.07) is 67.8. The smallest absolute Gasteiger partial charge is 0.165 e. The number of nitrogens with zero attached hydrogens (tertiary/aromatic N) is 3. The van der Waals surface area contributed by atoms with Crippen molar-refractivity contribution in [2.24, 2.45) is 0 Å². The van der Waals surface area contributed by atoms with E-state index < -0.39 is 5.41 Å². The van der Waals surface area contributed by atoms with Crippen LogP contribution in [0.1, 0.15) is 22.3 Å². The van der Waals surface area contributed by atoms with Gasteiger partial charge in [-0.15, -0.1) is 11.3 Å². The van der Waals surface area contributed by atoms with Crippen LogP contribution in [0, 0.1) is 0 Å². The zero-order chi connectivity index (χ0) is 36.8. The Hall–Kier alpha value is -7.01. The lowest BCUT2D eigenvalue weighted by atomic mass is 9.70. The van der Waals surface area contributed by atoms with Gasteiger partial charge in [0.2, 0.25) is 0 Å². The number of rotatable bonds is 4. The maximum Gasteiger partial charge on any atom is 0.165 e. The van der Waals surface area contributed by atoms with Gasteiger partial charge in [-0.25, -0.2) is 15.0 Å². The number of fused-ring (bicyclic) bond motifs is 13. The van der Waals surface area contributed by atoms with Crippen molar-refractivity contribution >= 4 is 31.5 Å². The Balaban J connectivity index is 1.06. The Bertz CT molecular complexity index is 3170. The van der Waals surface area contributed by atoms with Crippen LogP contribution in [0.25, 0.3) is 87.7 Å². The summed E-state index contributed by atoms with van der Waals surface area (Å²) in [6.45, 7) is 0. The molecule has 0 unspecified atom stereocenters. The van der Waals surface area contributed by atoms with Crippen LogP contribution in [0.4, 0.5) is 0 Å². The van der Waals surface area contributed by atoms with Crippen LogP contribution in [-0.4, -0.2) is 15.0 Å². The van der Waals surface area contributed by atoms with E-state index in [1.54, 1.807) is 11.3 Å². The standard InChI is InChI=1S/C52H31N3S/c1-2-15-32(16-3-1)49-53-50(55-51(54-49)41-25-13-24-39-38-21-7-11-30-46(38)56-48(39)41)34-18-12-17-33(31-34)35-23-14-29-45-47(35)40-22-6-10-28-44(40)52(45)42-26-8-4-19-36(42)37-20-5-9-27-43(37)52/h1-31H. The van der Waals surface area contributed by atoms with Crippen molar-refractivity contribution in [1.29, 1.82) is 0 Å². The molecule has 0 amide bonds. The predicted molar refractivity (Wildman–Crippen MR) is 231 cm³/mol. The Morgan fingerprint density at radius 3 is 1.62 bits per heavy atom. The van der Waals surface area contributed by atoms with E-state index in [1.165, 1.54) is 70.2 Å². The van der Waals surface area contributed by atoms with Crippen LogP contribution in [-0.2, 0) is 5.41 Å². The Morgan fingerprint density at radius 2 is 0.839 bits per heavy atom. The first-order chi connectivity index (χ1) is 27.8. The van der Waals surface area contributed by atoms with E-state index in [0.29, 0.717) is 17.5 Å². The second-order valence-electron chi connectivity index (χ2n) is 14.6. The molecular weight excluding hydrogens is 699 g/mol. The molecule has 8 aromatic carbocycles. The van der Waals surface area contributed by atoms with Crippen LogP contribution >= 0.6 is 11.3 Å². The molecule has 2 aliphatic carbocycles. The Labute approximate surface area is 328 Å². The predicted octanol–water partition coefficient (Wildman–Crippen LogP) is 13.3. The lowest BCUT2D eigenvalue weighted by Crippen LogP contribution is -2.25. The fourth-order valence-electron chi connectivity index (χ4n) is 9.48. The molecule has 12 rings (SSSR count). The third-order valence-electron chi connectivity index (χ3n) is 11.8. The van der Waals surface area contributed by atoms with Gasteiger partial charge in [0.05, 0.1) is 5.41 Å². The van der Waals surface area contributed by atoms with Crippen molar-refractivity contribution in [3.05, 3.63) is 210 Å². The highest BCUT2D eigenvalue weighted by Crippen LogP contribution is 2.64.